The quantitative estimate of drug-likeness (QED) is 0.859. The van der Waals surface area contributed by atoms with Crippen LogP contribution in [0.1, 0.15) is 32.2 Å². The van der Waals surface area contributed by atoms with E-state index in [1.54, 1.807) is 12.5 Å². The van der Waals surface area contributed by atoms with Crippen molar-refractivity contribution in [2.24, 2.45) is 0 Å². The van der Waals surface area contributed by atoms with E-state index in [1.807, 2.05) is 6.07 Å². The molecule has 23 heavy (non-hydrogen) atoms. The predicted octanol–water partition coefficient (Wildman–Crippen LogP) is 1.88. The lowest BCUT2D eigenvalue weighted by atomic mass is 9.92. The van der Waals surface area contributed by atoms with Crippen molar-refractivity contribution in [2.75, 3.05) is 25.0 Å². The second kappa shape index (κ2) is 6.20. The SMILES string of the molecule is CN(Cc1ccncn1)C1CN(c2ccc(C(C)(C)C)nn2)C1. The fraction of sp³-hybridized carbons (Fsp3) is 0.529. The Kier molecular flexibility index (Phi) is 4.26. The first-order valence-corrected chi connectivity index (χ1v) is 7.98. The third kappa shape index (κ3) is 3.64. The number of rotatable bonds is 4. The van der Waals surface area contributed by atoms with E-state index < -0.39 is 0 Å². The van der Waals surface area contributed by atoms with Crippen LogP contribution in [0.25, 0.3) is 0 Å². The summed E-state index contributed by atoms with van der Waals surface area (Å²) in [6.45, 7) is 9.25. The molecule has 0 saturated carbocycles. The second-order valence-electron chi connectivity index (χ2n) is 7.20. The molecule has 122 valence electrons. The van der Waals surface area contributed by atoms with Crippen LogP contribution in [0, 0.1) is 0 Å². The number of hydrogen-bond acceptors (Lipinski definition) is 6. The van der Waals surface area contributed by atoms with Gasteiger partial charge in [0.2, 0.25) is 0 Å². The summed E-state index contributed by atoms with van der Waals surface area (Å²) in [7, 11) is 2.14. The molecule has 0 radical (unpaired) electrons. The fourth-order valence-electron chi connectivity index (χ4n) is 2.61. The molecule has 2 aromatic rings. The van der Waals surface area contributed by atoms with Crippen LogP contribution in [0.4, 0.5) is 5.82 Å². The number of likely N-dealkylation sites (N-methyl/N-ethyl adjacent to an activating group) is 1. The second-order valence-corrected chi connectivity index (χ2v) is 7.20. The topological polar surface area (TPSA) is 58.0 Å². The third-order valence-corrected chi connectivity index (χ3v) is 4.28. The number of hydrogen-bond donors (Lipinski definition) is 0. The fourth-order valence-corrected chi connectivity index (χ4v) is 2.61. The van der Waals surface area contributed by atoms with Crippen molar-refractivity contribution in [1.82, 2.24) is 25.1 Å². The first kappa shape index (κ1) is 15.8. The molecule has 1 aliphatic heterocycles. The molecule has 0 aromatic carbocycles. The van der Waals surface area contributed by atoms with Crippen LogP contribution in [0.5, 0.6) is 0 Å². The van der Waals surface area contributed by atoms with Gasteiger partial charge in [-0.3, -0.25) is 4.90 Å². The normalized spacial score (nSPS) is 15.8. The molecule has 1 fully saturated rings. The Balaban J connectivity index is 1.54. The zero-order chi connectivity index (χ0) is 16.4. The van der Waals surface area contributed by atoms with Crippen molar-refractivity contribution in [2.45, 2.75) is 38.8 Å². The number of aromatic nitrogens is 4. The Morgan fingerprint density at radius 1 is 1.17 bits per heavy atom. The summed E-state index contributed by atoms with van der Waals surface area (Å²) >= 11 is 0. The minimum absolute atomic E-state index is 0.0424. The molecule has 6 heteroatoms. The minimum Gasteiger partial charge on any atom is -0.352 e. The summed E-state index contributed by atoms with van der Waals surface area (Å²) < 4.78 is 0. The van der Waals surface area contributed by atoms with Crippen LogP contribution >= 0.6 is 0 Å². The lowest BCUT2D eigenvalue weighted by Gasteiger charge is -2.44. The minimum atomic E-state index is 0.0424. The van der Waals surface area contributed by atoms with Crippen LogP contribution in [-0.4, -0.2) is 51.2 Å². The maximum absolute atomic E-state index is 4.38. The van der Waals surface area contributed by atoms with E-state index in [9.17, 15) is 0 Å². The standard InChI is InChI=1S/C17H24N6/c1-17(2,3)15-5-6-16(21-20-15)23-10-14(11-23)22(4)9-13-7-8-18-12-19-13/h5-8,12,14H,9-11H2,1-4H3. The van der Waals surface area contributed by atoms with E-state index >= 15 is 0 Å². The molecule has 2 aromatic heterocycles. The highest BCUT2D eigenvalue weighted by atomic mass is 15.4. The highest BCUT2D eigenvalue weighted by Gasteiger charge is 2.31. The highest BCUT2D eigenvalue weighted by molar-refractivity contribution is 5.42. The monoisotopic (exact) mass is 312 g/mol. The van der Waals surface area contributed by atoms with Gasteiger partial charge in [0.1, 0.15) is 6.33 Å². The van der Waals surface area contributed by atoms with Crippen molar-refractivity contribution in [3.63, 3.8) is 0 Å². The van der Waals surface area contributed by atoms with Gasteiger partial charge in [-0.1, -0.05) is 20.8 Å². The van der Waals surface area contributed by atoms with Gasteiger partial charge in [0, 0.05) is 37.3 Å². The van der Waals surface area contributed by atoms with E-state index in [1.165, 1.54) is 0 Å². The van der Waals surface area contributed by atoms with Gasteiger partial charge in [0.05, 0.1) is 11.4 Å². The van der Waals surface area contributed by atoms with Crippen LogP contribution in [0.2, 0.25) is 0 Å². The van der Waals surface area contributed by atoms with Gasteiger partial charge >= 0.3 is 0 Å². The summed E-state index contributed by atoms with van der Waals surface area (Å²) in [6.07, 6.45) is 3.39. The molecule has 0 N–H and O–H groups in total. The van der Waals surface area contributed by atoms with Crippen LogP contribution in [-0.2, 0) is 12.0 Å². The third-order valence-electron chi connectivity index (χ3n) is 4.28. The van der Waals surface area contributed by atoms with Gasteiger partial charge in [-0.05, 0) is 25.2 Å². The molecule has 6 nitrogen and oxygen atoms in total. The van der Waals surface area contributed by atoms with Crippen LogP contribution < -0.4 is 4.90 Å². The summed E-state index contributed by atoms with van der Waals surface area (Å²) in [4.78, 5) is 12.8. The molecule has 0 bridgehead atoms. The number of nitrogens with zero attached hydrogens (tertiary/aromatic N) is 6. The van der Waals surface area contributed by atoms with E-state index in [0.29, 0.717) is 6.04 Å². The molecule has 3 rings (SSSR count). The van der Waals surface area contributed by atoms with E-state index in [0.717, 1.165) is 36.8 Å². The molecular formula is C17H24N6. The molecule has 0 unspecified atom stereocenters. The summed E-state index contributed by atoms with van der Waals surface area (Å²) in [5.74, 6) is 0.963. The molecule has 0 aliphatic carbocycles. The highest BCUT2D eigenvalue weighted by Crippen LogP contribution is 2.24. The Morgan fingerprint density at radius 3 is 2.52 bits per heavy atom. The number of anilines is 1. The van der Waals surface area contributed by atoms with Gasteiger partial charge in [0.15, 0.2) is 5.82 Å². The lowest BCUT2D eigenvalue weighted by Crippen LogP contribution is -2.58. The first-order valence-electron chi connectivity index (χ1n) is 7.98. The Morgan fingerprint density at radius 2 is 1.96 bits per heavy atom. The molecule has 0 atom stereocenters. The molecule has 3 heterocycles. The maximum Gasteiger partial charge on any atom is 0.151 e. The van der Waals surface area contributed by atoms with Gasteiger partial charge in [-0.15, -0.1) is 5.10 Å². The Bertz CT molecular complexity index is 628. The van der Waals surface area contributed by atoms with E-state index in [-0.39, 0.29) is 5.41 Å². The first-order chi connectivity index (χ1) is 10.9. The summed E-state index contributed by atoms with van der Waals surface area (Å²) in [5, 5.41) is 8.75. The van der Waals surface area contributed by atoms with Crippen LogP contribution in [0.3, 0.4) is 0 Å². The molecule has 1 aliphatic rings. The van der Waals surface area contributed by atoms with Crippen LogP contribution in [0.15, 0.2) is 30.7 Å². The van der Waals surface area contributed by atoms with E-state index in [2.05, 4.69) is 69.9 Å². The Labute approximate surface area is 137 Å². The van der Waals surface area contributed by atoms with Gasteiger partial charge < -0.3 is 4.90 Å². The van der Waals surface area contributed by atoms with Crippen molar-refractivity contribution in [3.8, 4) is 0 Å². The lowest BCUT2D eigenvalue weighted by molar-refractivity contribution is 0.194. The van der Waals surface area contributed by atoms with Crippen molar-refractivity contribution in [1.29, 1.82) is 0 Å². The maximum atomic E-state index is 4.38. The van der Waals surface area contributed by atoms with Crippen molar-refractivity contribution >= 4 is 5.82 Å². The zero-order valence-corrected chi connectivity index (χ0v) is 14.3. The molecule has 1 saturated heterocycles. The van der Waals surface area contributed by atoms with Gasteiger partial charge in [-0.2, -0.15) is 5.10 Å². The van der Waals surface area contributed by atoms with E-state index in [4.69, 9.17) is 0 Å². The largest absolute Gasteiger partial charge is 0.352 e. The Hall–Kier alpha value is -2.08. The molecular weight excluding hydrogens is 288 g/mol. The average Bonchev–Trinajstić information content (AvgIpc) is 2.46. The molecule has 0 spiro atoms. The average molecular weight is 312 g/mol. The predicted molar refractivity (Wildman–Crippen MR) is 90.2 cm³/mol. The van der Waals surface area contributed by atoms with Gasteiger partial charge in [-0.25, -0.2) is 9.97 Å². The van der Waals surface area contributed by atoms with Crippen molar-refractivity contribution in [3.05, 3.63) is 42.1 Å². The van der Waals surface area contributed by atoms with Crippen molar-refractivity contribution < 1.29 is 0 Å². The zero-order valence-electron chi connectivity index (χ0n) is 14.3. The smallest absolute Gasteiger partial charge is 0.151 e. The van der Waals surface area contributed by atoms with Gasteiger partial charge in [0.25, 0.3) is 0 Å². The summed E-state index contributed by atoms with van der Waals surface area (Å²) in [6, 6.07) is 6.65. The molecule has 0 amide bonds. The summed E-state index contributed by atoms with van der Waals surface area (Å²) in [5.41, 5.74) is 2.12.